The lowest BCUT2D eigenvalue weighted by molar-refractivity contribution is -0.118. The van der Waals surface area contributed by atoms with E-state index in [1.165, 1.54) is 30.3 Å². The summed E-state index contributed by atoms with van der Waals surface area (Å²) in [5, 5.41) is 2.85. The summed E-state index contributed by atoms with van der Waals surface area (Å²) in [5.74, 6) is -0.0685. The number of ether oxygens (including phenoxy) is 1. The van der Waals surface area contributed by atoms with Gasteiger partial charge in [-0.3, -0.25) is 4.79 Å². The van der Waals surface area contributed by atoms with Crippen molar-refractivity contribution in [1.29, 1.82) is 0 Å². The average molecular weight is 425 g/mol. The summed E-state index contributed by atoms with van der Waals surface area (Å²) in [4.78, 5) is 21.6. The first-order valence-corrected chi connectivity index (χ1v) is 10.5. The number of hydrogen-bond acceptors (Lipinski definition) is 4. The minimum atomic E-state index is -0.526. The molecule has 2 aliphatic carbocycles. The van der Waals surface area contributed by atoms with Gasteiger partial charge >= 0.3 is 0 Å². The normalized spacial score (nSPS) is 24.5. The van der Waals surface area contributed by atoms with Crippen LogP contribution >= 0.6 is 0 Å². The molecule has 2 aromatic rings. The van der Waals surface area contributed by atoms with Gasteiger partial charge in [-0.1, -0.05) is 13.0 Å². The lowest BCUT2D eigenvalue weighted by Gasteiger charge is -2.27. The van der Waals surface area contributed by atoms with Crippen molar-refractivity contribution in [2.75, 3.05) is 11.9 Å². The van der Waals surface area contributed by atoms with E-state index in [4.69, 9.17) is 4.74 Å². The van der Waals surface area contributed by atoms with E-state index in [0.29, 0.717) is 36.5 Å². The molecule has 5 nitrogen and oxygen atoms in total. The molecular formula is C24H25F2N3O2. The Morgan fingerprint density at radius 1 is 1.29 bits per heavy atom. The first kappa shape index (κ1) is 21.2. The second-order valence-corrected chi connectivity index (χ2v) is 8.15. The molecule has 31 heavy (non-hydrogen) atoms. The second-order valence-electron chi connectivity index (χ2n) is 8.15. The van der Waals surface area contributed by atoms with Crippen molar-refractivity contribution >= 4 is 11.6 Å². The molecule has 162 valence electrons. The van der Waals surface area contributed by atoms with E-state index in [-0.39, 0.29) is 36.0 Å². The van der Waals surface area contributed by atoms with Gasteiger partial charge < -0.3 is 10.1 Å². The molecule has 3 atom stereocenters. The first-order valence-electron chi connectivity index (χ1n) is 10.5. The summed E-state index contributed by atoms with van der Waals surface area (Å²) in [5.41, 5.74) is 0.807. The van der Waals surface area contributed by atoms with Crippen LogP contribution in [0.25, 0.3) is 0 Å². The van der Waals surface area contributed by atoms with E-state index in [2.05, 4.69) is 15.3 Å². The van der Waals surface area contributed by atoms with E-state index in [0.717, 1.165) is 5.69 Å². The minimum Gasteiger partial charge on any atom is -0.489 e. The summed E-state index contributed by atoms with van der Waals surface area (Å²) in [6.45, 7) is 4.07. The van der Waals surface area contributed by atoms with Gasteiger partial charge in [-0.25, -0.2) is 18.7 Å². The van der Waals surface area contributed by atoms with Crippen LogP contribution in [0.5, 0.6) is 5.75 Å². The lowest BCUT2D eigenvalue weighted by Crippen LogP contribution is -2.29. The number of carbonyl (C=O) groups excluding carboxylic acids is 1. The van der Waals surface area contributed by atoms with Crippen LogP contribution in [0.4, 0.5) is 14.5 Å². The van der Waals surface area contributed by atoms with Crippen molar-refractivity contribution in [2.24, 2.45) is 17.3 Å². The molecule has 1 fully saturated rings. The zero-order chi connectivity index (χ0) is 22.0. The molecule has 1 heterocycles. The summed E-state index contributed by atoms with van der Waals surface area (Å²) in [6, 6.07) is 5.64. The van der Waals surface area contributed by atoms with E-state index in [1.807, 2.05) is 13.8 Å². The molecule has 7 heteroatoms. The van der Waals surface area contributed by atoms with E-state index < -0.39 is 5.41 Å². The Labute approximate surface area is 180 Å². The molecule has 0 radical (unpaired) electrons. The Balaban J connectivity index is 1.53. The fourth-order valence-corrected chi connectivity index (χ4v) is 4.25. The van der Waals surface area contributed by atoms with E-state index >= 15 is 0 Å². The van der Waals surface area contributed by atoms with Gasteiger partial charge in [-0.05, 0) is 68.5 Å². The molecule has 1 aromatic carbocycles. The first-order chi connectivity index (χ1) is 14.9. The number of nitrogens with one attached hydrogen (secondary N) is 1. The monoisotopic (exact) mass is 425 g/mol. The summed E-state index contributed by atoms with van der Waals surface area (Å²) < 4.78 is 33.3. The fraction of sp³-hybridized carbons (Fsp3) is 0.375. The number of anilines is 1. The maximum Gasteiger partial charge on any atom is 0.228 e. The second kappa shape index (κ2) is 8.57. The average Bonchev–Trinajstić information content (AvgIpc) is 3.50. The highest BCUT2D eigenvalue weighted by Gasteiger charge is 2.62. The zero-order valence-corrected chi connectivity index (χ0v) is 17.6. The highest BCUT2D eigenvalue weighted by Crippen LogP contribution is 2.60. The molecule has 4 rings (SSSR count). The van der Waals surface area contributed by atoms with Crippen molar-refractivity contribution in [3.05, 3.63) is 71.9 Å². The molecular weight excluding hydrogens is 400 g/mol. The lowest BCUT2D eigenvalue weighted by atomic mass is 9.82. The quantitative estimate of drug-likeness (QED) is 0.683. The summed E-state index contributed by atoms with van der Waals surface area (Å²) >= 11 is 0. The molecule has 0 spiro atoms. The summed E-state index contributed by atoms with van der Waals surface area (Å²) in [7, 11) is 0. The van der Waals surface area contributed by atoms with Crippen LogP contribution in [-0.2, 0) is 11.2 Å². The van der Waals surface area contributed by atoms with Crippen molar-refractivity contribution in [3.8, 4) is 5.75 Å². The van der Waals surface area contributed by atoms with E-state index in [9.17, 15) is 13.6 Å². The number of halogens is 2. The van der Waals surface area contributed by atoms with Crippen LogP contribution in [-0.4, -0.2) is 22.5 Å². The predicted octanol–water partition coefficient (Wildman–Crippen LogP) is 4.94. The Kier molecular flexibility index (Phi) is 5.85. The van der Waals surface area contributed by atoms with Crippen molar-refractivity contribution in [3.63, 3.8) is 0 Å². The number of amides is 1. The Morgan fingerprint density at radius 2 is 2.06 bits per heavy atom. The number of benzene rings is 1. The molecule has 1 N–H and O–H groups in total. The maximum atomic E-state index is 14.0. The van der Waals surface area contributed by atoms with Gasteiger partial charge in [-0.15, -0.1) is 0 Å². The molecule has 0 bridgehead atoms. The predicted molar refractivity (Wildman–Crippen MR) is 114 cm³/mol. The molecule has 1 unspecified atom stereocenters. The Hall–Kier alpha value is -3.09. The highest BCUT2D eigenvalue weighted by atomic mass is 19.1. The third-order valence-electron chi connectivity index (χ3n) is 6.09. The largest absolute Gasteiger partial charge is 0.489 e. The molecule has 1 aromatic heterocycles. The highest BCUT2D eigenvalue weighted by molar-refractivity contribution is 5.95. The van der Waals surface area contributed by atoms with Gasteiger partial charge in [0.15, 0.2) is 5.75 Å². The smallest absolute Gasteiger partial charge is 0.228 e. The van der Waals surface area contributed by atoms with Crippen LogP contribution in [0.3, 0.4) is 0 Å². The number of rotatable bonds is 7. The van der Waals surface area contributed by atoms with Gasteiger partial charge in [0.25, 0.3) is 0 Å². The van der Waals surface area contributed by atoms with Crippen LogP contribution in [0.15, 0.2) is 54.5 Å². The molecule has 1 amide bonds. The van der Waals surface area contributed by atoms with Crippen LogP contribution in [0, 0.1) is 30.0 Å². The van der Waals surface area contributed by atoms with Gasteiger partial charge in [0.2, 0.25) is 5.91 Å². The zero-order valence-electron chi connectivity index (χ0n) is 17.6. The SMILES string of the molecule is CCc1nc(C)ncc1OC[C@@]1(C2C=C(F)C=CC2)C[C@H]1C(=O)Nc1ccc(F)cc1. The molecule has 0 saturated heterocycles. The van der Waals surface area contributed by atoms with Crippen LogP contribution < -0.4 is 10.1 Å². The van der Waals surface area contributed by atoms with Gasteiger partial charge in [0, 0.05) is 17.0 Å². The maximum absolute atomic E-state index is 14.0. The number of carbonyl (C=O) groups is 1. The van der Waals surface area contributed by atoms with Gasteiger partial charge in [0.1, 0.15) is 17.5 Å². The number of aryl methyl sites for hydroxylation is 2. The number of hydrogen-bond donors (Lipinski definition) is 1. The third kappa shape index (κ3) is 4.50. The van der Waals surface area contributed by atoms with Crippen molar-refractivity contribution in [2.45, 2.75) is 33.1 Å². The third-order valence-corrected chi connectivity index (χ3v) is 6.09. The van der Waals surface area contributed by atoms with Gasteiger partial charge in [0.05, 0.1) is 18.5 Å². The minimum absolute atomic E-state index is 0.155. The Bertz CT molecular complexity index is 1040. The molecule has 0 aliphatic heterocycles. The van der Waals surface area contributed by atoms with Crippen LogP contribution in [0.1, 0.15) is 31.3 Å². The fourth-order valence-electron chi connectivity index (χ4n) is 4.25. The van der Waals surface area contributed by atoms with Crippen molar-refractivity contribution < 1.29 is 18.3 Å². The number of aromatic nitrogens is 2. The molecule has 1 saturated carbocycles. The topological polar surface area (TPSA) is 64.1 Å². The van der Waals surface area contributed by atoms with E-state index in [1.54, 1.807) is 18.3 Å². The molecule has 2 aliphatic rings. The van der Waals surface area contributed by atoms with Gasteiger partial charge in [-0.2, -0.15) is 0 Å². The van der Waals surface area contributed by atoms with Crippen molar-refractivity contribution in [1.82, 2.24) is 9.97 Å². The number of allylic oxidation sites excluding steroid dienone is 4. The number of nitrogens with zero attached hydrogens (tertiary/aromatic N) is 2. The summed E-state index contributed by atoms with van der Waals surface area (Å²) in [6.07, 6.45) is 8.40. The Morgan fingerprint density at radius 3 is 2.77 bits per heavy atom. The van der Waals surface area contributed by atoms with Crippen LogP contribution in [0.2, 0.25) is 0 Å². The standard InChI is InChI=1S/C24H25F2N3O2/c1-3-21-22(13-27-15(2)28-21)31-14-24(16-5-4-6-18(26)11-16)12-20(24)23(30)29-19-9-7-17(25)8-10-19/h4,6-11,13,16,20H,3,5,12,14H2,1-2H3,(H,29,30)/t16?,20-,24+/m0/s1.